The lowest BCUT2D eigenvalue weighted by atomic mass is 10.0. The van der Waals surface area contributed by atoms with Gasteiger partial charge in [-0.15, -0.1) is 11.3 Å². The Bertz CT molecular complexity index is 495. The van der Waals surface area contributed by atoms with Crippen molar-refractivity contribution in [2.24, 2.45) is 0 Å². The van der Waals surface area contributed by atoms with E-state index in [1.165, 1.54) is 28.4 Å². The Morgan fingerprint density at radius 3 is 2.78 bits per heavy atom. The Labute approximate surface area is 117 Å². The number of thioether (sulfide) groups is 1. The highest BCUT2D eigenvalue weighted by Crippen LogP contribution is 2.36. The molecule has 3 rings (SSSR count). The van der Waals surface area contributed by atoms with Crippen LogP contribution < -0.4 is 5.32 Å². The van der Waals surface area contributed by atoms with E-state index in [2.05, 4.69) is 53.5 Å². The van der Waals surface area contributed by atoms with Crippen LogP contribution >= 0.6 is 23.1 Å². The Morgan fingerprint density at radius 2 is 2.06 bits per heavy atom. The molecule has 1 N–H and O–H groups in total. The molecule has 1 nitrogen and oxygen atoms in total. The molecule has 1 aliphatic heterocycles. The third kappa shape index (κ3) is 2.35. The lowest BCUT2D eigenvalue weighted by Gasteiger charge is -2.14. The number of aryl methyl sites for hydroxylation is 1. The SMILES string of the molecule is CNC(c1ccccc1)c1cc2c(s1)CCSC2. The third-order valence-electron chi connectivity index (χ3n) is 3.35. The van der Waals surface area contributed by atoms with Crippen LogP contribution in [0.3, 0.4) is 0 Å². The average Bonchev–Trinajstić information content (AvgIpc) is 2.84. The van der Waals surface area contributed by atoms with Crippen molar-refractivity contribution < 1.29 is 0 Å². The number of hydrogen-bond donors (Lipinski definition) is 1. The highest BCUT2D eigenvalue weighted by Gasteiger charge is 2.19. The predicted octanol–water partition coefficient (Wildman–Crippen LogP) is 3.85. The summed E-state index contributed by atoms with van der Waals surface area (Å²) < 4.78 is 0. The molecule has 0 fully saturated rings. The zero-order valence-electron chi connectivity index (χ0n) is 10.5. The molecule has 1 aromatic carbocycles. The highest BCUT2D eigenvalue weighted by atomic mass is 32.2. The Kier molecular flexibility index (Phi) is 3.73. The van der Waals surface area contributed by atoms with Crippen molar-refractivity contribution in [1.82, 2.24) is 5.32 Å². The molecule has 0 spiro atoms. The third-order valence-corrected chi connectivity index (χ3v) is 5.66. The number of nitrogens with one attached hydrogen (secondary N) is 1. The van der Waals surface area contributed by atoms with Crippen molar-refractivity contribution >= 4 is 23.1 Å². The van der Waals surface area contributed by atoms with E-state index in [4.69, 9.17) is 0 Å². The minimum absolute atomic E-state index is 0.340. The minimum Gasteiger partial charge on any atom is -0.309 e. The van der Waals surface area contributed by atoms with Crippen molar-refractivity contribution in [1.29, 1.82) is 0 Å². The van der Waals surface area contributed by atoms with Crippen LogP contribution in [0.4, 0.5) is 0 Å². The quantitative estimate of drug-likeness (QED) is 0.913. The summed E-state index contributed by atoms with van der Waals surface area (Å²) in [5, 5.41) is 3.45. The second-order valence-corrected chi connectivity index (χ2v) is 6.81. The van der Waals surface area contributed by atoms with Crippen LogP contribution in [-0.4, -0.2) is 12.8 Å². The van der Waals surface area contributed by atoms with Gasteiger partial charge in [-0.05, 0) is 36.4 Å². The molecule has 1 atom stereocenters. The van der Waals surface area contributed by atoms with E-state index in [1.807, 2.05) is 18.4 Å². The summed E-state index contributed by atoms with van der Waals surface area (Å²) in [6, 6.07) is 13.5. The maximum atomic E-state index is 3.45. The molecule has 0 bridgehead atoms. The average molecular weight is 275 g/mol. The van der Waals surface area contributed by atoms with Gasteiger partial charge in [-0.1, -0.05) is 30.3 Å². The second-order valence-electron chi connectivity index (χ2n) is 4.53. The first kappa shape index (κ1) is 12.3. The zero-order chi connectivity index (χ0) is 12.4. The van der Waals surface area contributed by atoms with Crippen molar-refractivity contribution in [3.05, 3.63) is 57.3 Å². The first-order chi connectivity index (χ1) is 8.88. The van der Waals surface area contributed by atoms with Crippen LogP contribution in [0.5, 0.6) is 0 Å². The van der Waals surface area contributed by atoms with Gasteiger partial charge in [-0.2, -0.15) is 11.8 Å². The van der Waals surface area contributed by atoms with Crippen molar-refractivity contribution in [3.8, 4) is 0 Å². The summed E-state index contributed by atoms with van der Waals surface area (Å²) in [5.41, 5.74) is 2.91. The zero-order valence-corrected chi connectivity index (χ0v) is 12.1. The lowest BCUT2D eigenvalue weighted by Crippen LogP contribution is -2.16. The molecule has 0 aliphatic carbocycles. The molecule has 94 valence electrons. The summed E-state index contributed by atoms with van der Waals surface area (Å²) in [6.45, 7) is 0. The molecule has 1 aromatic heterocycles. The summed E-state index contributed by atoms with van der Waals surface area (Å²) in [7, 11) is 2.05. The predicted molar refractivity (Wildman–Crippen MR) is 81.5 cm³/mol. The molecule has 18 heavy (non-hydrogen) atoms. The van der Waals surface area contributed by atoms with Crippen LogP contribution in [0.1, 0.15) is 26.9 Å². The van der Waals surface area contributed by atoms with Crippen molar-refractivity contribution in [2.45, 2.75) is 18.2 Å². The van der Waals surface area contributed by atoms with E-state index in [0.29, 0.717) is 6.04 Å². The van der Waals surface area contributed by atoms with Crippen LogP contribution in [0.2, 0.25) is 0 Å². The van der Waals surface area contributed by atoms with E-state index in [1.54, 1.807) is 10.4 Å². The van der Waals surface area contributed by atoms with Crippen LogP contribution in [0.25, 0.3) is 0 Å². The molecular formula is C15H17NS2. The topological polar surface area (TPSA) is 12.0 Å². The molecule has 2 aromatic rings. The first-order valence-corrected chi connectivity index (χ1v) is 8.27. The fourth-order valence-electron chi connectivity index (χ4n) is 2.43. The lowest BCUT2D eigenvalue weighted by molar-refractivity contribution is 0.703. The van der Waals surface area contributed by atoms with Crippen LogP contribution in [0.15, 0.2) is 36.4 Å². The number of hydrogen-bond acceptors (Lipinski definition) is 3. The molecule has 0 saturated carbocycles. The van der Waals surface area contributed by atoms with Gasteiger partial charge < -0.3 is 5.32 Å². The molecule has 3 heteroatoms. The van der Waals surface area contributed by atoms with Gasteiger partial charge in [0, 0.05) is 15.5 Å². The monoisotopic (exact) mass is 275 g/mol. The number of rotatable bonds is 3. The van der Waals surface area contributed by atoms with Crippen LogP contribution in [-0.2, 0) is 12.2 Å². The number of fused-ring (bicyclic) bond motifs is 1. The molecular weight excluding hydrogens is 258 g/mol. The first-order valence-electron chi connectivity index (χ1n) is 6.30. The maximum absolute atomic E-state index is 3.45. The van der Waals surface area contributed by atoms with E-state index in [9.17, 15) is 0 Å². The molecule has 1 aliphatic rings. The molecule has 0 saturated heterocycles. The van der Waals surface area contributed by atoms with Gasteiger partial charge in [0.25, 0.3) is 0 Å². The fraction of sp³-hybridized carbons (Fsp3) is 0.333. The molecule has 0 radical (unpaired) electrons. The Morgan fingerprint density at radius 1 is 1.22 bits per heavy atom. The van der Waals surface area contributed by atoms with E-state index >= 15 is 0 Å². The van der Waals surface area contributed by atoms with Crippen molar-refractivity contribution in [2.75, 3.05) is 12.8 Å². The fourth-order valence-corrected chi connectivity index (χ4v) is 4.95. The number of benzene rings is 1. The van der Waals surface area contributed by atoms with Gasteiger partial charge in [0.1, 0.15) is 0 Å². The van der Waals surface area contributed by atoms with E-state index in [0.717, 1.165) is 0 Å². The molecule has 2 heterocycles. The smallest absolute Gasteiger partial charge is 0.0668 e. The maximum Gasteiger partial charge on any atom is 0.0668 e. The Hall–Kier alpha value is -0.770. The summed E-state index contributed by atoms with van der Waals surface area (Å²) in [6.07, 6.45) is 1.25. The van der Waals surface area contributed by atoms with Gasteiger partial charge in [0.05, 0.1) is 6.04 Å². The molecule has 0 amide bonds. The minimum atomic E-state index is 0.340. The second kappa shape index (κ2) is 5.47. The summed E-state index contributed by atoms with van der Waals surface area (Å²) in [5.74, 6) is 2.47. The van der Waals surface area contributed by atoms with E-state index < -0.39 is 0 Å². The van der Waals surface area contributed by atoms with Gasteiger partial charge in [0.2, 0.25) is 0 Å². The number of thiophene rings is 1. The van der Waals surface area contributed by atoms with Gasteiger partial charge >= 0.3 is 0 Å². The normalized spacial score (nSPS) is 16.3. The van der Waals surface area contributed by atoms with Crippen molar-refractivity contribution in [3.63, 3.8) is 0 Å². The summed E-state index contributed by atoms with van der Waals surface area (Å²) in [4.78, 5) is 3.05. The highest BCUT2D eigenvalue weighted by molar-refractivity contribution is 7.98. The largest absolute Gasteiger partial charge is 0.309 e. The standard InChI is InChI=1S/C15H17NS2/c1-16-15(11-5-3-2-4-6-11)14-9-12-10-17-8-7-13(12)18-14/h2-6,9,15-16H,7-8,10H2,1H3. The summed E-state index contributed by atoms with van der Waals surface area (Å²) >= 11 is 4.04. The van der Waals surface area contributed by atoms with Crippen LogP contribution in [0, 0.1) is 0 Å². The van der Waals surface area contributed by atoms with Gasteiger partial charge in [-0.3, -0.25) is 0 Å². The van der Waals surface area contributed by atoms with E-state index in [-0.39, 0.29) is 0 Å². The Balaban J connectivity index is 1.94. The van der Waals surface area contributed by atoms with Gasteiger partial charge in [-0.25, -0.2) is 0 Å². The van der Waals surface area contributed by atoms with Gasteiger partial charge in [0.15, 0.2) is 0 Å². The molecule has 1 unspecified atom stereocenters.